The lowest BCUT2D eigenvalue weighted by Gasteiger charge is -2.40. The van der Waals surface area contributed by atoms with Gasteiger partial charge in [-0.1, -0.05) is 48.5 Å². The normalized spacial score (nSPS) is 16.5. The van der Waals surface area contributed by atoms with Crippen LogP contribution in [-0.2, 0) is 9.59 Å². The average Bonchev–Trinajstić information content (AvgIpc) is 2.87. The van der Waals surface area contributed by atoms with Crippen LogP contribution in [0.2, 0.25) is 0 Å². The first-order valence-corrected chi connectivity index (χ1v) is 12.0. The van der Waals surface area contributed by atoms with Gasteiger partial charge in [-0.15, -0.1) is 0 Å². The van der Waals surface area contributed by atoms with Crippen LogP contribution in [0.4, 0.5) is 5.69 Å². The molecule has 0 spiro atoms. The third-order valence-electron chi connectivity index (χ3n) is 6.20. The summed E-state index contributed by atoms with van der Waals surface area (Å²) in [7, 11) is 2.16. The quantitative estimate of drug-likeness (QED) is 0.520. The lowest BCUT2D eigenvalue weighted by atomic mass is 10.0. The number of carbonyl (C=O) groups is 2. The van der Waals surface area contributed by atoms with Crippen LogP contribution in [0.5, 0.6) is 0 Å². The molecular formula is C27H35N5O2. The Labute approximate surface area is 203 Å². The molecule has 0 aliphatic carbocycles. The van der Waals surface area contributed by atoms with Gasteiger partial charge in [-0.3, -0.25) is 14.5 Å². The molecule has 1 fully saturated rings. The number of anilines is 1. The van der Waals surface area contributed by atoms with Crippen LogP contribution in [0, 0.1) is 11.3 Å². The Hall–Kier alpha value is -3.21. The number of piperazine rings is 1. The van der Waals surface area contributed by atoms with Gasteiger partial charge in [0.15, 0.2) is 0 Å². The summed E-state index contributed by atoms with van der Waals surface area (Å²) < 4.78 is 0. The van der Waals surface area contributed by atoms with E-state index in [0.29, 0.717) is 19.1 Å². The van der Waals surface area contributed by atoms with Crippen LogP contribution in [0.25, 0.3) is 0 Å². The van der Waals surface area contributed by atoms with Crippen molar-refractivity contribution >= 4 is 17.5 Å². The second-order valence-corrected chi connectivity index (χ2v) is 8.72. The lowest BCUT2D eigenvalue weighted by Crippen LogP contribution is -2.47. The fraction of sp³-hybridized carbons (Fsp3) is 0.444. The van der Waals surface area contributed by atoms with Crippen molar-refractivity contribution in [1.82, 2.24) is 15.1 Å². The molecule has 0 bridgehead atoms. The van der Waals surface area contributed by atoms with Crippen LogP contribution >= 0.6 is 0 Å². The van der Waals surface area contributed by atoms with Gasteiger partial charge in [0.25, 0.3) is 0 Å². The fourth-order valence-electron chi connectivity index (χ4n) is 4.34. The minimum absolute atomic E-state index is 0.111. The predicted molar refractivity (Wildman–Crippen MR) is 134 cm³/mol. The van der Waals surface area contributed by atoms with Crippen molar-refractivity contribution in [2.45, 2.75) is 31.7 Å². The molecule has 7 heteroatoms. The van der Waals surface area contributed by atoms with Crippen molar-refractivity contribution in [2.24, 2.45) is 0 Å². The van der Waals surface area contributed by atoms with Gasteiger partial charge in [-0.05, 0) is 31.2 Å². The highest BCUT2D eigenvalue weighted by Gasteiger charge is 2.26. The Morgan fingerprint density at radius 1 is 1.06 bits per heavy atom. The standard InChI is InChI=1S/C27H35N5O2/c1-30-20-21-31(25(22-30)23-10-4-2-5-11-23)18-9-17-29-26(33)14-15-27(34)32(19-8-16-28)24-12-6-3-7-13-24/h2-7,10-13,25H,8-9,14-15,17-22H2,1H3,(H,29,33). The minimum Gasteiger partial charge on any atom is -0.356 e. The van der Waals surface area contributed by atoms with Crippen molar-refractivity contribution in [2.75, 3.05) is 51.2 Å². The Bertz CT molecular complexity index is 944. The zero-order chi connectivity index (χ0) is 24.2. The molecule has 180 valence electrons. The van der Waals surface area contributed by atoms with Crippen LogP contribution in [0.15, 0.2) is 60.7 Å². The van der Waals surface area contributed by atoms with E-state index in [4.69, 9.17) is 5.26 Å². The van der Waals surface area contributed by atoms with Gasteiger partial charge >= 0.3 is 0 Å². The Morgan fingerprint density at radius 2 is 1.76 bits per heavy atom. The molecule has 2 amide bonds. The molecule has 0 saturated carbocycles. The van der Waals surface area contributed by atoms with Gasteiger partial charge in [-0.2, -0.15) is 5.26 Å². The second kappa shape index (κ2) is 13.5. The summed E-state index contributed by atoms with van der Waals surface area (Å²) in [6.45, 7) is 4.90. The second-order valence-electron chi connectivity index (χ2n) is 8.72. The molecule has 34 heavy (non-hydrogen) atoms. The molecule has 1 unspecified atom stereocenters. The number of rotatable bonds is 11. The Morgan fingerprint density at radius 3 is 2.47 bits per heavy atom. The highest BCUT2D eigenvalue weighted by molar-refractivity contribution is 5.95. The summed E-state index contributed by atoms with van der Waals surface area (Å²) in [5.41, 5.74) is 2.08. The summed E-state index contributed by atoms with van der Waals surface area (Å²) in [4.78, 5) is 31.5. The number of para-hydroxylation sites is 1. The molecule has 3 rings (SSSR count). The SMILES string of the molecule is CN1CCN(CCCNC(=O)CCC(=O)N(CCC#N)c2ccccc2)C(c2ccccc2)C1. The van der Waals surface area contributed by atoms with Gasteiger partial charge in [0.2, 0.25) is 11.8 Å². The van der Waals surface area contributed by atoms with Crippen LogP contribution in [-0.4, -0.2) is 67.9 Å². The Kier molecular flexibility index (Phi) is 10.1. The van der Waals surface area contributed by atoms with Gasteiger partial charge < -0.3 is 15.1 Å². The third-order valence-corrected chi connectivity index (χ3v) is 6.20. The number of hydrogen-bond acceptors (Lipinski definition) is 5. The highest BCUT2D eigenvalue weighted by Crippen LogP contribution is 2.24. The number of nitrogens with zero attached hydrogens (tertiary/aromatic N) is 4. The van der Waals surface area contributed by atoms with E-state index in [1.54, 1.807) is 4.90 Å². The molecule has 1 saturated heterocycles. The number of hydrogen-bond donors (Lipinski definition) is 1. The number of nitriles is 1. The summed E-state index contributed by atoms with van der Waals surface area (Å²) in [5.74, 6) is -0.251. The summed E-state index contributed by atoms with van der Waals surface area (Å²) in [5, 5.41) is 11.9. The monoisotopic (exact) mass is 461 g/mol. The van der Waals surface area contributed by atoms with E-state index in [1.807, 2.05) is 36.4 Å². The number of benzene rings is 2. The van der Waals surface area contributed by atoms with E-state index in [2.05, 4.69) is 52.5 Å². The highest BCUT2D eigenvalue weighted by atomic mass is 16.2. The summed E-state index contributed by atoms with van der Waals surface area (Å²) in [6, 6.07) is 22.3. The molecule has 1 aliphatic rings. The zero-order valence-electron chi connectivity index (χ0n) is 20.0. The lowest BCUT2D eigenvalue weighted by molar-refractivity contribution is -0.125. The number of carbonyl (C=O) groups excluding carboxylic acids is 2. The van der Waals surface area contributed by atoms with E-state index < -0.39 is 0 Å². The first kappa shape index (κ1) is 25.4. The maximum Gasteiger partial charge on any atom is 0.227 e. The number of nitrogens with one attached hydrogen (secondary N) is 1. The van der Waals surface area contributed by atoms with Gasteiger partial charge in [0.05, 0.1) is 12.5 Å². The van der Waals surface area contributed by atoms with Gasteiger partial charge in [-0.25, -0.2) is 0 Å². The molecule has 1 atom stereocenters. The predicted octanol–water partition coefficient (Wildman–Crippen LogP) is 3.21. The van der Waals surface area contributed by atoms with Crippen molar-refractivity contribution in [1.29, 1.82) is 5.26 Å². The van der Waals surface area contributed by atoms with Crippen LogP contribution < -0.4 is 10.2 Å². The van der Waals surface area contributed by atoms with Crippen molar-refractivity contribution in [3.8, 4) is 6.07 Å². The topological polar surface area (TPSA) is 79.7 Å². The van der Waals surface area contributed by atoms with E-state index in [-0.39, 0.29) is 31.1 Å². The fourth-order valence-corrected chi connectivity index (χ4v) is 4.34. The Balaban J connectivity index is 1.41. The largest absolute Gasteiger partial charge is 0.356 e. The first-order chi connectivity index (χ1) is 16.6. The molecule has 2 aromatic carbocycles. The molecule has 1 aliphatic heterocycles. The number of likely N-dealkylation sites (N-methyl/N-ethyl adjacent to an activating group) is 1. The van der Waals surface area contributed by atoms with Crippen molar-refractivity contribution in [3.05, 3.63) is 66.2 Å². The van der Waals surface area contributed by atoms with Crippen molar-refractivity contribution < 1.29 is 9.59 Å². The van der Waals surface area contributed by atoms with Crippen LogP contribution in [0.1, 0.15) is 37.3 Å². The van der Waals surface area contributed by atoms with E-state index >= 15 is 0 Å². The smallest absolute Gasteiger partial charge is 0.227 e. The van der Waals surface area contributed by atoms with E-state index in [9.17, 15) is 9.59 Å². The first-order valence-electron chi connectivity index (χ1n) is 12.0. The molecule has 7 nitrogen and oxygen atoms in total. The molecule has 1 N–H and O–H groups in total. The average molecular weight is 462 g/mol. The summed E-state index contributed by atoms with van der Waals surface area (Å²) in [6.07, 6.45) is 1.39. The van der Waals surface area contributed by atoms with Crippen molar-refractivity contribution in [3.63, 3.8) is 0 Å². The summed E-state index contributed by atoms with van der Waals surface area (Å²) >= 11 is 0. The zero-order valence-corrected chi connectivity index (χ0v) is 20.0. The molecule has 1 heterocycles. The number of amides is 2. The third kappa shape index (κ3) is 7.68. The minimum atomic E-state index is -0.139. The molecule has 0 radical (unpaired) electrons. The molecular weight excluding hydrogens is 426 g/mol. The van der Waals surface area contributed by atoms with Crippen LogP contribution in [0.3, 0.4) is 0 Å². The van der Waals surface area contributed by atoms with Gasteiger partial charge in [0.1, 0.15) is 0 Å². The van der Waals surface area contributed by atoms with Gasteiger partial charge in [0, 0.05) is 63.8 Å². The van der Waals surface area contributed by atoms with E-state index in [1.165, 1.54) is 5.56 Å². The van der Waals surface area contributed by atoms with E-state index in [0.717, 1.165) is 38.3 Å². The maximum atomic E-state index is 12.7. The molecule has 0 aromatic heterocycles. The maximum absolute atomic E-state index is 12.7. The molecule has 2 aromatic rings.